The molecule has 12 heteroatoms. The number of ether oxygens (including phenoxy) is 2. The van der Waals surface area contributed by atoms with Crippen molar-refractivity contribution in [1.29, 1.82) is 0 Å². The zero-order chi connectivity index (χ0) is 28.0. The lowest BCUT2D eigenvalue weighted by molar-refractivity contribution is -0.159. The molecular formula is C26H33N3O8S. The summed E-state index contributed by atoms with van der Waals surface area (Å²) in [6, 6.07) is 9.44. The van der Waals surface area contributed by atoms with E-state index in [4.69, 9.17) is 15.2 Å². The molecule has 3 rings (SSSR count). The number of nitrogens with two attached hydrogens (primary N) is 1. The fourth-order valence-electron chi connectivity index (χ4n) is 4.37. The third kappa shape index (κ3) is 6.76. The number of aliphatic hydroxyl groups is 3. The summed E-state index contributed by atoms with van der Waals surface area (Å²) in [7, 11) is 2.94. The fraction of sp³-hybridized carbons (Fsp3) is 0.423. The van der Waals surface area contributed by atoms with Gasteiger partial charge in [0.25, 0.3) is 11.8 Å². The van der Waals surface area contributed by atoms with E-state index < -0.39 is 60.5 Å². The maximum atomic E-state index is 13.1. The van der Waals surface area contributed by atoms with E-state index in [0.29, 0.717) is 17.1 Å². The summed E-state index contributed by atoms with van der Waals surface area (Å²) in [5.41, 5.74) is 4.17. The predicted octanol–water partition coefficient (Wildman–Crippen LogP) is -0.0164. The zero-order valence-corrected chi connectivity index (χ0v) is 22.2. The number of aliphatic hydroxyl groups excluding tert-OH is 2. The molecule has 7 N–H and O–H groups in total. The molecule has 0 aliphatic heterocycles. The first-order valence-electron chi connectivity index (χ1n) is 11.9. The van der Waals surface area contributed by atoms with Gasteiger partial charge >= 0.3 is 0 Å². The molecule has 2 aromatic rings. The molecule has 0 spiro atoms. The molecule has 0 aromatic heterocycles. The molecule has 0 bridgehead atoms. The standard InChI is InChI=1S/C26H33N3O8S/c1-36-15-6-4-14(5-7-15)10-18(23(27)32)29-25(34)26(35)12-19(22(31)20(30)13-26)28-24(33)17-9-8-16(38-3)11-21(17)37-2/h4-9,11,18-20,22,30-31,35H,10,12-13H2,1-3H3,(H2,27,32)(H,28,33)(H,29,34)/t18-,19-,20+,22+,26-/m0/s1. The van der Waals surface area contributed by atoms with Crippen LogP contribution in [0.1, 0.15) is 28.8 Å². The minimum Gasteiger partial charge on any atom is -0.497 e. The molecule has 2 aromatic carbocycles. The molecule has 11 nitrogen and oxygen atoms in total. The summed E-state index contributed by atoms with van der Waals surface area (Å²) < 4.78 is 10.4. The number of nitrogens with one attached hydrogen (secondary N) is 2. The molecule has 1 fully saturated rings. The van der Waals surface area contributed by atoms with Gasteiger partial charge in [0.2, 0.25) is 5.91 Å². The number of rotatable bonds is 10. The molecule has 5 atom stereocenters. The number of amides is 3. The zero-order valence-electron chi connectivity index (χ0n) is 21.3. The van der Waals surface area contributed by atoms with Crippen molar-refractivity contribution in [1.82, 2.24) is 10.6 Å². The average molecular weight is 548 g/mol. The maximum absolute atomic E-state index is 13.1. The van der Waals surface area contributed by atoms with E-state index in [-0.39, 0.29) is 12.0 Å². The quantitative estimate of drug-likeness (QED) is 0.223. The topological polar surface area (TPSA) is 180 Å². The van der Waals surface area contributed by atoms with Gasteiger partial charge in [0.05, 0.1) is 31.9 Å². The Balaban J connectivity index is 1.75. The van der Waals surface area contributed by atoms with E-state index >= 15 is 0 Å². The lowest BCUT2D eigenvalue weighted by atomic mass is 9.77. The Kier molecular flexibility index (Phi) is 9.60. The van der Waals surface area contributed by atoms with Crippen molar-refractivity contribution in [2.24, 2.45) is 5.73 Å². The van der Waals surface area contributed by atoms with Crippen LogP contribution in [-0.4, -0.2) is 83.4 Å². The number of thioether (sulfide) groups is 1. The number of carbonyl (C=O) groups is 3. The van der Waals surface area contributed by atoms with Crippen LogP contribution in [-0.2, 0) is 16.0 Å². The van der Waals surface area contributed by atoms with Crippen molar-refractivity contribution in [3.63, 3.8) is 0 Å². The van der Waals surface area contributed by atoms with Gasteiger partial charge in [-0.15, -0.1) is 11.8 Å². The van der Waals surface area contributed by atoms with Crippen LogP contribution in [0.2, 0.25) is 0 Å². The van der Waals surface area contributed by atoms with Crippen molar-refractivity contribution < 1.29 is 39.2 Å². The SMILES string of the molecule is COc1ccc(C[C@H](NC(=O)[C@@]2(O)C[C@@H](O)[C@H](O)[C@@H](NC(=O)c3ccc(SC)cc3OC)C2)C(N)=O)cc1. The summed E-state index contributed by atoms with van der Waals surface area (Å²) in [6.45, 7) is 0. The van der Waals surface area contributed by atoms with Gasteiger partial charge in [-0.05, 0) is 42.2 Å². The van der Waals surface area contributed by atoms with Crippen LogP contribution in [0, 0.1) is 0 Å². The Bertz CT molecular complexity index is 1160. The molecule has 0 saturated heterocycles. The van der Waals surface area contributed by atoms with E-state index in [1.165, 1.54) is 26.0 Å². The van der Waals surface area contributed by atoms with Crippen LogP contribution >= 0.6 is 11.8 Å². The summed E-state index contributed by atoms with van der Waals surface area (Å²) >= 11 is 1.47. The van der Waals surface area contributed by atoms with Gasteiger partial charge in [-0.1, -0.05) is 12.1 Å². The highest BCUT2D eigenvalue weighted by atomic mass is 32.2. The van der Waals surface area contributed by atoms with E-state index in [0.717, 1.165) is 4.90 Å². The average Bonchev–Trinajstić information content (AvgIpc) is 2.90. The van der Waals surface area contributed by atoms with Gasteiger partial charge in [-0.25, -0.2) is 0 Å². The van der Waals surface area contributed by atoms with Crippen molar-refractivity contribution in [3.05, 3.63) is 53.6 Å². The number of hydrogen-bond acceptors (Lipinski definition) is 9. The Morgan fingerprint density at radius 3 is 2.37 bits per heavy atom. The van der Waals surface area contributed by atoms with Crippen LogP contribution < -0.4 is 25.8 Å². The number of carbonyl (C=O) groups excluding carboxylic acids is 3. The number of methoxy groups -OCH3 is 2. The van der Waals surface area contributed by atoms with Crippen LogP contribution in [0.15, 0.2) is 47.4 Å². The number of benzene rings is 2. The molecule has 38 heavy (non-hydrogen) atoms. The normalized spacial score (nSPS) is 23.7. The molecule has 1 saturated carbocycles. The second-order valence-electron chi connectivity index (χ2n) is 9.12. The first-order chi connectivity index (χ1) is 18.0. The first-order valence-corrected chi connectivity index (χ1v) is 13.1. The fourth-order valence-corrected chi connectivity index (χ4v) is 4.80. The Morgan fingerprint density at radius 2 is 1.79 bits per heavy atom. The molecule has 3 amide bonds. The lowest BCUT2D eigenvalue weighted by Gasteiger charge is -2.41. The summed E-state index contributed by atoms with van der Waals surface area (Å²) in [6.07, 6.45) is -1.97. The van der Waals surface area contributed by atoms with Crippen molar-refractivity contribution in [2.45, 2.75) is 54.1 Å². The van der Waals surface area contributed by atoms with Crippen molar-refractivity contribution >= 4 is 29.5 Å². The summed E-state index contributed by atoms with van der Waals surface area (Å²) in [5.74, 6) is -1.48. The predicted molar refractivity (Wildman–Crippen MR) is 140 cm³/mol. The highest BCUT2D eigenvalue weighted by molar-refractivity contribution is 7.98. The third-order valence-electron chi connectivity index (χ3n) is 6.55. The molecule has 0 unspecified atom stereocenters. The maximum Gasteiger partial charge on any atom is 0.255 e. The molecule has 0 radical (unpaired) electrons. The van der Waals surface area contributed by atoms with Crippen molar-refractivity contribution in [2.75, 3.05) is 20.5 Å². The molecule has 1 aliphatic rings. The Morgan fingerprint density at radius 1 is 1.11 bits per heavy atom. The van der Waals surface area contributed by atoms with Gasteiger partial charge in [0.15, 0.2) is 0 Å². The number of primary amides is 1. The minimum absolute atomic E-state index is 0.0539. The van der Waals surface area contributed by atoms with Gasteiger partial charge in [-0.3, -0.25) is 14.4 Å². The molecule has 1 aliphatic carbocycles. The minimum atomic E-state index is -2.20. The Hall–Kier alpha value is -3.32. The lowest BCUT2D eigenvalue weighted by Crippen LogP contribution is -2.64. The highest BCUT2D eigenvalue weighted by Gasteiger charge is 2.49. The van der Waals surface area contributed by atoms with Crippen molar-refractivity contribution in [3.8, 4) is 11.5 Å². The molecular weight excluding hydrogens is 514 g/mol. The van der Waals surface area contributed by atoms with E-state index in [2.05, 4.69) is 10.6 Å². The van der Waals surface area contributed by atoms with E-state index in [1.807, 2.05) is 6.26 Å². The number of hydrogen-bond donors (Lipinski definition) is 6. The second-order valence-corrected chi connectivity index (χ2v) is 10.0. The van der Waals surface area contributed by atoms with E-state index in [1.54, 1.807) is 42.5 Å². The summed E-state index contributed by atoms with van der Waals surface area (Å²) in [4.78, 5) is 39.1. The summed E-state index contributed by atoms with van der Waals surface area (Å²) in [5, 5.41) is 37.2. The van der Waals surface area contributed by atoms with Gasteiger partial charge in [-0.2, -0.15) is 0 Å². The molecule has 0 heterocycles. The van der Waals surface area contributed by atoms with Crippen LogP contribution in [0.5, 0.6) is 11.5 Å². The van der Waals surface area contributed by atoms with Gasteiger partial charge in [0.1, 0.15) is 29.2 Å². The van der Waals surface area contributed by atoms with E-state index in [9.17, 15) is 29.7 Å². The third-order valence-corrected chi connectivity index (χ3v) is 7.28. The molecule has 206 valence electrons. The van der Waals surface area contributed by atoms with Crippen LogP contribution in [0.4, 0.5) is 0 Å². The highest BCUT2D eigenvalue weighted by Crippen LogP contribution is 2.31. The van der Waals surface area contributed by atoms with Crippen LogP contribution in [0.3, 0.4) is 0 Å². The van der Waals surface area contributed by atoms with Gasteiger partial charge in [0, 0.05) is 24.2 Å². The monoisotopic (exact) mass is 547 g/mol. The van der Waals surface area contributed by atoms with Gasteiger partial charge < -0.3 is 41.2 Å². The largest absolute Gasteiger partial charge is 0.497 e. The second kappa shape index (κ2) is 12.5. The Labute approximate surface area is 224 Å². The van der Waals surface area contributed by atoms with Crippen LogP contribution in [0.25, 0.3) is 0 Å². The smallest absolute Gasteiger partial charge is 0.255 e. The first kappa shape index (κ1) is 29.2.